The Bertz CT molecular complexity index is 1340. The third kappa shape index (κ3) is 8.91. The second-order valence-corrected chi connectivity index (χ2v) is 16.2. The molecule has 0 bridgehead atoms. The Labute approximate surface area is 285 Å². The van der Waals surface area contributed by atoms with Gasteiger partial charge in [0.2, 0.25) is 0 Å². The average Bonchev–Trinajstić information content (AvgIpc) is 3.65. The summed E-state index contributed by atoms with van der Waals surface area (Å²) in [6.45, 7) is 9.70. The van der Waals surface area contributed by atoms with Crippen molar-refractivity contribution in [1.82, 2.24) is 9.80 Å². The highest BCUT2D eigenvalue weighted by molar-refractivity contribution is 8.26. The molecule has 12 heteroatoms. The van der Waals surface area contributed by atoms with Gasteiger partial charge in [0.1, 0.15) is 34.8 Å². The summed E-state index contributed by atoms with van der Waals surface area (Å²) in [5.74, 6) is 1.28. The third-order valence-electron chi connectivity index (χ3n) is 7.46. The highest BCUT2D eigenvalue weighted by Crippen LogP contribution is 2.68. The molecule has 0 radical (unpaired) electrons. The molecule has 2 heterocycles. The molecule has 2 aliphatic rings. The lowest BCUT2D eigenvalue weighted by molar-refractivity contribution is -0.125. The first-order chi connectivity index (χ1) is 21.5. The summed E-state index contributed by atoms with van der Waals surface area (Å²) in [5.41, 5.74) is 0.163. The number of hydrogen-bond donors (Lipinski definition) is 0. The zero-order valence-electron chi connectivity index (χ0n) is 27.6. The molecule has 0 saturated carbocycles. The van der Waals surface area contributed by atoms with E-state index in [0.29, 0.717) is 45.0 Å². The van der Waals surface area contributed by atoms with Crippen molar-refractivity contribution in [2.24, 2.45) is 11.8 Å². The number of rotatable bonds is 15. The van der Waals surface area contributed by atoms with Gasteiger partial charge in [-0.3, -0.25) is 9.59 Å². The fourth-order valence-electron chi connectivity index (χ4n) is 4.64. The lowest BCUT2D eigenvalue weighted by atomic mass is 10.0. The molecule has 0 aromatic heterocycles. The monoisotopic (exact) mass is 688 g/mol. The van der Waals surface area contributed by atoms with E-state index in [0.717, 1.165) is 64.5 Å². The van der Waals surface area contributed by atoms with Gasteiger partial charge in [-0.1, -0.05) is 107 Å². The van der Waals surface area contributed by atoms with Crippen LogP contribution in [0, 0.1) is 34.5 Å². The highest BCUT2D eigenvalue weighted by atomic mass is 32.2. The number of fused-ring (bicyclic) bond motifs is 2. The van der Waals surface area contributed by atoms with Crippen LogP contribution < -0.4 is 9.47 Å². The molecule has 2 aliphatic heterocycles. The Morgan fingerprint density at radius 2 is 1.11 bits per heavy atom. The second kappa shape index (κ2) is 17.5. The van der Waals surface area contributed by atoms with Crippen molar-refractivity contribution >= 4 is 58.9 Å². The molecule has 2 amide bonds. The van der Waals surface area contributed by atoms with E-state index in [1.54, 1.807) is 28.2 Å². The van der Waals surface area contributed by atoms with Crippen LogP contribution in [-0.2, 0) is 9.59 Å². The molecule has 0 aliphatic carbocycles. The number of carbonyl (C=O) groups excluding carboxylic acids is 2. The second-order valence-electron chi connectivity index (χ2n) is 11.6. The van der Waals surface area contributed by atoms with Crippen LogP contribution in [0.15, 0.2) is 39.2 Å². The van der Waals surface area contributed by atoms with Crippen LogP contribution in [0.5, 0.6) is 11.5 Å². The van der Waals surface area contributed by atoms with Gasteiger partial charge in [0, 0.05) is 28.2 Å². The number of unbranched alkanes of at least 4 members (excludes halogenated alkanes) is 2. The van der Waals surface area contributed by atoms with Crippen molar-refractivity contribution in [3.63, 3.8) is 0 Å². The molecule has 244 valence electrons. The minimum Gasteiger partial charge on any atom is -0.491 e. The summed E-state index contributed by atoms with van der Waals surface area (Å²) in [5, 5.41) is 20.1. The lowest BCUT2D eigenvalue weighted by Crippen LogP contribution is -2.23. The van der Waals surface area contributed by atoms with Gasteiger partial charge in [-0.25, -0.2) is 0 Å². The molecule has 0 fully saturated rings. The zero-order valence-corrected chi connectivity index (χ0v) is 30.8. The highest BCUT2D eigenvalue weighted by Gasteiger charge is 2.40. The maximum atomic E-state index is 13.0. The van der Waals surface area contributed by atoms with Crippen molar-refractivity contribution in [2.45, 2.75) is 92.2 Å². The van der Waals surface area contributed by atoms with E-state index in [1.807, 2.05) is 0 Å². The van der Waals surface area contributed by atoms with E-state index in [-0.39, 0.29) is 23.0 Å². The minimum absolute atomic E-state index is 0.0817. The van der Waals surface area contributed by atoms with Crippen molar-refractivity contribution in [3.05, 3.63) is 19.6 Å². The van der Waals surface area contributed by atoms with Crippen LogP contribution in [0.2, 0.25) is 0 Å². The molecule has 45 heavy (non-hydrogen) atoms. The Morgan fingerprint density at radius 1 is 0.711 bits per heavy atom. The van der Waals surface area contributed by atoms with E-state index in [1.165, 1.54) is 56.8 Å². The van der Waals surface area contributed by atoms with Crippen LogP contribution in [0.4, 0.5) is 0 Å². The third-order valence-corrected chi connectivity index (χ3v) is 12.6. The number of hydrogen-bond acceptors (Lipinski definition) is 10. The summed E-state index contributed by atoms with van der Waals surface area (Å²) >= 11 is 5.44. The van der Waals surface area contributed by atoms with Gasteiger partial charge in [0.15, 0.2) is 0 Å². The van der Waals surface area contributed by atoms with Gasteiger partial charge in [-0.15, -0.1) is 0 Å². The normalized spacial score (nSPS) is 16.9. The first-order valence-electron chi connectivity index (χ1n) is 15.5. The number of carbonyl (C=O) groups is 2. The number of ether oxygens (including phenoxy) is 2. The van der Waals surface area contributed by atoms with Gasteiger partial charge in [0.05, 0.1) is 41.3 Å². The average molecular weight is 689 g/mol. The van der Waals surface area contributed by atoms with Gasteiger partial charge < -0.3 is 19.3 Å². The first-order valence-corrected chi connectivity index (χ1v) is 18.7. The number of likely N-dealkylation sites (N-methyl/N-ethyl adjacent to an activating group) is 2. The molecule has 8 nitrogen and oxygen atoms in total. The van der Waals surface area contributed by atoms with Gasteiger partial charge >= 0.3 is 0 Å². The molecular weight excluding hydrogens is 645 g/mol. The fourth-order valence-corrected chi connectivity index (χ4v) is 10.0. The topological polar surface area (TPSA) is 107 Å². The molecule has 3 rings (SSSR count). The molecule has 0 saturated heterocycles. The predicted molar refractivity (Wildman–Crippen MR) is 186 cm³/mol. The summed E-state index contributed by atoms with van der Waals surface area (Å²) in [7, 11) is 6.54. The van der Waals surface area contributed by atoms with Crippen LogP contribution in [-0.4, -0.2) is 63.0 Å². The summed E-state index contributed by atoms with van der Waals surface area (Å²) in [6, 6.07) is 4.27. The van der Waals surface area contributed by atoms with Crippen molar-refractivity contribution < 1.29 is 19.1 Å². The van der Waals surface area contributed by atoms with E-state index in [2.05, 4.69) is 39.8 Å². The molecule has 2 atom stereocenters. The van der Waals surface area contributed by atoms with Crippen molar-refractivity contribution in [1.29, 1.82) is 10.5 Å². The van der Waals surface area contributed by atoms with Gasteiger partial charge in [-0.05, 0) is 24.7 Å². The SMILES string of the molecule is CCCCC(C)COc1c2c(c(OCC(CC)CCCC)c3c1S/C(=C(/C#N)C(=O)N(C)C)S3)S/C(=C(/C#N)C(=O)N(C)C)S2. The molecule has 0 spiro atoms. The lowest BCUT2D eigenvalue weighted by Gasteiger charge is -2.21. The van der Waals surface area contributed by atoms with E-state index >= 15 is 0 Å². The molecule has 0 N–H and O–H groups in total. The minimum atomic E-state index is -0.355. The Hall–Kier alpha value is -2.38. The van der Waals surface area contributed by atoms with Crippen molar-refractivity contribution in [2.75, 3.05) is 41.4 Å². The van der Waals surface area contributed by atoms with Crippen molar-refractivity contribution in [3.8, 4) is 23.6 Å². The number of thioether (sulfide) groups is 4. The van der Waals surface area contributed by atoms with E-state index in [9.17, 15) is 20.1 Å². The van der Waals surface area contributed by atoms with Gasteiger partial charge in [0.25, 0.3) is 11.8 Å². The standard InChI is InChI=1S/C33H44N4O4S4/c1-9-12-14-20(4)18-40-24-26-28(44-32(42-26)22(16-34)30(38)36(5)6)25(41-19-21(11-3)15-13-10-2)29-27(24)43-33(45-29)23(17-35)31(39)37(7)8/h20-21H,9-15,18-19H2,1-8H3/b32-22-,33-23+. The Morgan fingerprint density at radius 3 is 1.47 bits per heavy atom. The predicted octanol–water partition coefficient (Wildman–Crippen LogP) is 8.53. The molecular formula is C33H44N4O4S4. The van der Waals surface area contributed by atoms with Crippen LogP contribution >= 0.6 is 47.0 Å². The largest absolute Gasteiger partial charge is 0.491 e. The van der Waals surface area contributed by atoms with Crippen LogP contribution in [0.1, 0.15) is 72.6 Å². The van der Waals surface area contributed by atoms with E-state index in [4.69, 9.17) is 9.47 Å². The number of nitriles is 2. The molecule has 1 aromatic carbocycles. The van der Waals surface area contributed by atoms with Crippen LogP contribution in [0.25, 0.3) is 0 Å². The first kappa shape index (κ1) is 37.1. The van der Waals surface area contributed by atoms with Crippen LogP contribution in [0.3, 0.4) is 0 Å². The summed E-state index contributed by atoms with van der Waals surface area (Å²) in [4.78, 5) is 32.0. The molecule has 1 aromatic rings. The van der Waals surface area contributed by atoms with Gasteiger partial charge in [-0.2, -0.15) is 10.5 Å². The fraction of sp³-hybridized carbons (Fsp3) is 0.576. The summed E-state index contributed by atoms with van der Waals surface area (Å²) in [6.07, 6.45) is 7.51. The number of nitrogens with zero attached hydrogens (tertiary/aromatic N) is 4. The maximum absolute atomic E-state index is 13.0. The number of amides is 2. The summed E-state index contributed by atoms with van der Waals surface area (Å²) < 4.78 is 14.5. The smallest absolute Gasteiger partial charge is 0.265 e. The maximum Gasteiger partial charge on any atom is 0.265 e. The Balaban J connectivity index is 2.23. The quantitative estimate of drug-likeness (QED) is 0.131. The Kier molecular flexibility index (Phi) is 14.4. The zero-order chi connectivity index (χ0) is 33.3. The molecule has 2 unspecified atom stereocenters. The van der Waals surface area contributed by atoms with E-state index < -0.39 is 0 Å². The number of benzene rings is 1.